The van der Waals surface area contributed by atoms with Gasteiger partial charge in [0.05, 0.1) is 0 Å². The second-order valence-corrected chi connectivity index (χ2v) is 6.52. The van der Waals surface area contributed by atoms with Crippen molar-refractivity contribution >= 4 is 0 Å². The normalized spacial score (nSPS) is 23.9. The van der Waals surface area contributed by atoms with E-state index in [1.54, 1.807) is 0 Å². The van der Waals surface area contributed by atoms with Crippen molar-refractivity contribution in [3.05, 3.63) is 35.4 Å². The molecule has 94 valence electrons. The fourth-order valence-corrected chi connectivity index (χ4v) is 2.78. The summed E-state index contributed by atoms with van der Waals surface area (Å²) in [5.74, 6) is 1.31. The first-order valence-electron chi connectivity index (χ1n) is 6.78. The molecule has 1 aliphatic rings. The maximum absolute atomic E-state index is 3.56. The molecule has 1 heterocycles. The van der Waals surface area contributed by atoms with Crippen molar-refractivity contribution in [2.75, 3.05) is 13.1 Å². The van der Waals surface area contributed by atoms with Gasteiger partial charge < -0.3 is 5.32 Å². The van der Waals surface area contributed by atoms with Crippen LogP contribution in [0.15, 0.2) is 24.3 Å². The van der Waals surface area contributed by atoms with Gasteiger partial charge in [0.25, 0.3) is 0 Å². The summed E-state index contributed by atoms with van der Waals surface area (Å²) in [4.78, 5) is 0. The van der Waals surface area contributed by atoms with E-state index in [4.69, 9.17) is 0 Å². The highest BCUT2D eigenvalue weighted by atomic mass is 14.9. The molecule has 1 aliphatic heterocycles. The Balaban J connectivity index is 2.12. The SMILES string of the molecule is CC(C)c1ccc(C2CNCC(C)(C)C2)cc1. The zero-order valence-electron chi connectivity index (χ0n) is 11.6. The van der Waals surface area contributed by atoms with E-state index in [0.717, 1.165) is 13.1 Å². The van der Waals surface area contributed by atoms with Crippen LogP contribution in [0.25, 0.3) is 0 Å². The molecular weight excluding hydrogens is 206 g/mol. The highest BCUT2D eigenvalue weighted by Crippen LogP contribution is 2.34. The van der Waals surface area contributed by atoms with E-state index in [2.05, 4.69) is 57.3 Å². The molecule has 1 nitrogen and oxygen atoms in total. The summed E-state index contributed by atoms with van der Waals surface area (Å²) in [6.07, 6.45) is 1.29. The van der Waals surface area contributed by atoms with E-state index in [1.165, 1.54) is 17.5 Å². The van der Waals surface area contributed by atoms with E-state index in [9.17, 15) is 0 Å². The standard InChI is InChI=1S/C16H25N/c1-12(2)13-5-7-14(8-6-13)15-9-16(3,4)11-17-10-15/h5-8,12,15,17H,9-11H2,1-4H3. The summed E-state index contributed by atoms with van der Waals surface area (Å²) in [5.41, 5.74) is 3.37. The zero-order valence-corrected chi connectivity index (χ0v) is 11.6. The topological polar surface area (TPSA) is 12.0 Å². The molecule has 0 aliphatic carbocycles. The molecular formula is C16H25N. The third-order valence-electron chi connectivity index (χ3n) is 3.87. The minimum Gasteiger partial charge on any atom is -0.316 e. The molecule has 0 aromatic heterocycles. The monoisotopic (exact) mass is 231 g/mol. The summed E-state index contributed by atoms with van der Waals surface area (Å²) in [7, 11) is 0. The van der Waals surface area contributed by atoms with Gasteiger partial charge in [-0.05, 0) is 34.8 Å². The molecule has 1 atom stereocenters. The lowest BCUT2D eigenvalue weighted by Crippen LogP contribution is -2.40. The van der Waals surface area contributed by atoms with Crippen LogP contribution in [0.5, 0.6) is 0 Å². The Kier molecular flexibility index (Phi) is 3.58. The smallest absolute Gasteiger partial charge is 0.00205 e. The van der Waals surface area contributed by atoms with Crippen molar-refractivity contribution in [3.63, 3.8) is 0 Å². The van der Waals surface area contributed by atoms with E-state index in [0.29, 0.717) is 17.3 Å². The van der Waals surface area contributed by atoms with E-state index in [1.807, 2.05) is 0 Å². The summed E-state index contributed by atoms with van der Waals surface area (Å²) < 4.78 is 0. The van der Waals surface area contributed by atoms with Crippen molar-refractivity contribution in [1.29, 1.82) is 0 Å². The minimum atomic E-state index is 0.430. The summed E-state index contributed by atoms with van der Waals surface area (Å²) >= 11 is 0. The largest absolute Gasteiger partial charge is 0.316 e. The average molecular weight is 231 g/mol. The molecule has 1 N–H and O–H groups in total. The number of rotatable bonds is 2. The van der Waals surface area contributed by atoms with Crippen molar-refractivity contribution in [3.8, 4) is 0 Å². The number of hydrogen-bond donors (Lipinski definition) is 1. The first kappa shape index (κ1) is 12.6. The summed E-state index contributed by atoms with van der Waals surface area (Å²) in [6, 6.07) is 9.23. The lowest BCUT2D eigenvalue weighted by molar-refractivity contribution is 0.240. The van der Waals surface area contributed by atoms with Gasteiger partial charge in [-0.1, -0.05) is 52.0 Å². The van der Waals surface area contributed by atoms with Crippen molar-refractivity contribution in [1.82, 2.24) is 5.32 Å². The molecule has 1 unspecified atom stereocenters. The molecule has 1 heteroatoms. The van der Waals surface area contributed by atoms with Crippen LogP contribution in [0, 0.1) is 5.41 Å². The second kappa shape index (κ2) is 4.81. The number of hydrogen-bond acceptors (Lipinski definition) is 1. The van der Waals surface area contributed by atoms with Crippen LogP contribution < -0.4 is 5.32 Å². The lowest BCUT2D eigenvalue weighted by Gasteiger charge is -2.36. The molecule has 0 saturated carbocycles. The molecule has 1 aromatic rings. The van der Waals surface area contributed by atoms with Crippen LogP contribution in [0.2, 0.25) is 0 Å². The molecule has 0 bridgehead atoms. The average Bonchev–Trinajstić information content (AvgIpc) is 2.28. The Morgan fingerprint density at radius 1 is 1.18 bits per heavy atom. The van der Waals surface area contributed by atoms with Gasteiger partial charge in [0.15, 0.2) is 0 Å². The quantitative estimate of drug-likeness (QED) is 0.813. The van der Waals surface area contributed by atoms with Crippen LogP contribution >= 0.6 is 0 Å². The fourth-order valence-electron chi connectivity index (χ4n) is 2.78. The molecule has 0 radical (unpaired) electrons. The molecule has 1 aromatic carbocycles. The van der Waals surface area contributed by atoms with Gasteiger partial charge in [-0.2, -0.15) is 0 Å². The molecule has 0 spiro atoms. The number of piperidine rings is 1. The third-order valence-corrected chi connectivity index (χ3v) is 3.87. The second-order valence-electron chi connectivity index (χ2n) is 6.52. The van der Waals surface area contributed by atoms with Crippen LogP contribution in [-0.2, 0) is 0 Å². The Morgan fingerprint density at radius 3 is 2.35 bits per heavy atom. The first-order chi connectivity index (χ1) is 7.98. The van der Waals surface area contributed by atoms with Crippen LogP contribution in [0.1, 0.15) is 57.1 Å². The van der Waals surface area contributed by atoms with Crippen LogP contribution in [-0.4, -0.2) is 13.1 Å². The number of nitrogens with one attached hydrogen (secondary N) is 1. The van der Waals surface area contributed by atoms with Gasteiger partial charge in [-0.3, -0.25) is 0 Å². The van der Waals surface area contributed by atoms with Gasteiger partial charge in [0.1, 0.15) is 0 Å². The van der Waals surface area contributed by atoms with Crippen molar-refractivity contribution < 1.29 is 0 Å². The van der Waals surface area contributed by atoms with Crippen LogP contribution in [0.3, 0.4) is 0 Å². The zero-order chi connectivity index (χ0) is 12.5. The van der Waals surface area contributed by atoms with E-state index in [-0.39, 0.29) is 0 Å². The Labute approximate surface area is 106 Å². The van der Waals surface area contributed by atoms with Crippen molar-refractivity contribution in [2.24, 2.45) is 5.41 Å². The lowest BCUT2D eigenvalue weighted by atomic mass is 9.77. The van der Waals surface area contributed by atoms with Gasteiger partial charge in [0.2, 0.25) is 0 Å². The van der Waals surface area contributed by atoms with Gasteiger partial charge in [0, 0.05) is 13.1 Å². The Hall–Kier alpha value is -0.820. The molecule has 17 heavy (non-hydrogen) atoms. The minimum absolute atomic E-state index is 0.430. The highest BCUT2D eigenvalue weighted by molar-refractivity contribution is 5.28. The van der Waals surface area contributed by atoms with Crippen molar-refractivity contribution in [2.45, 2.75) is 46.0 Å². The van der Waals surface area contributed by atoms with Gasteiger partial charge >= 0.3 is 0 Å². The molecule has 1 fully saturated rings. The third kappa shape index (κ3) is 3.10. The maximum atomic E-state index is 3.56. The fraction of sp³-hybridized carbons (Fsp3) is 0.625. The van der Waals surface area contributed by atoms with Gasteiger partial charge in [-0.25, -0.2) is 0 Å². The first-order valence-corrected chi connectivity index (χ1v) is 6.78. The predicted molar refractivity (Wildman–Crippen MR) is 74.5 cm³/mol. The van der Waals surface area contributed by atoms with Gasteiger partial charge in [-0.15, -0.1) is 0 Å². The predicted octanol–water partition coefficient (Wildman–Crippen LogP) is 3.91. The summed E-state index contributed by atoms with van der Waals surface area (Å²) in [6.45, 7) is 11.5. The molecule has 0 amide bonds. The Bertz CT molecular complexity index is 362. The molecule has 1 saturated heterocycles. The number of benzene rings is 1. The maximum Gasteiger partial charge on any atom is 0.00205 e. The van der Waals surface area contributed by atoms with E-state index >= 15 is 0 Å². The molecule has 2 rings (SSSR count). The highest BCUT2D eigenvalue weighted by Gasteiger charge is 2.28. The Morgan fingerprint density at radius 2 is 1.82 bits per heavy atom. The van der Waals surface area contributed by atoms with Crippen LogP contribution in [0.4, 0.5) is 0 Å². The van der Waals surface area contributed by atoms with E-state index < -0.39 is 0 Å². The summed E-state index contributed by atoms with van der Waals surface area (Å²) in [5, 5.41) is 3.56.